The molecule has 7 heteroatoms. The van der Waals surface area contributed by atoms with E-state index in [9.17, 15) is 0 Å². The van der Waals surface area contributed by atoms with Crippen molar-refractivity contribution in [3.05, 3.63) is 29.8 Å². The second-order valence-corrected chi connectivity index (χ2v) is 7.87. The zero-order chi connectivity index (χ0) is 19.0. The van der Waals surface area contributed by atoms with E-state index in [1.54, 1.807) is 7.11 Å². The summed E-state index contributed by atoms with van der Waals surface area (Å²) < 4.78 is 10.8. The van der Waals surface area contributed by atoms with Gasteiger partial charge in [-0.05, 0) is 18.9 Å². The molecule has 3 N–H and O–H groups in total. The Bertz CT molecular complexity index is 614. The van der Waals surface area contributed by atoms with Crippen molar-refractivity contribution in [2.75, 3.05) is 51.8 Å². The van der Waals surface area contributed by atoms with Crippen LogP contribution in [0, 0.1) is 5.41 Å². The second-order valence-electron chi connectivity index (χ2n) is 7.87. The number of anilines is 1. The van der Waals surface area contributed by atoms with Gasteiger partial charge in [0.2, 0.25) is 0 Å². The van der Waals surface area contributed by atoms with E-state index in [0.717, 1.165) is 50.6 Å². The van der Waals surface area contributed by atoms with Crippen molar-refractivity contribution >= 4 is 35.6 Å². The first-order chi connectivity index (χ1) is 13.2. The van der Waals surface area contributed by atoms with Crippen LogP contribution >= 0.6 is 24.0 Å². The first-order valence-electron chi connectivity index (χ1n) is 10.1. The SMILES string of the molecule is COCc1ccccc1NC(N)=NCC1(CN2CCOCC2)CCCCC1.I. The molecule has 2 fully saturated rings. The molecule has 0 atom stereocenters. The number of para-hydroxylation sites is 1. The highest BCUT2D eigenvalue weighted by atomic mass is 127. The molecule has 6 nitrogen and oxygen atoms in total. The highest BCUT2D eigenvalue weighted by Gasteiger charge is 2.34. The third kappa shape index (κ3) is 6.86. The Kier molecular flexibility index (Phi) is 9.98. The molecule has 1 aliphatic heterocycles. The number of hydrogen-bond acceptors (Lipinski definition) is 4. The molecule has 3 rings (SSSR count). The van der Waals surface area contributed by atoms with E-state index < -0.39 is 0 Å². The molecule has 2 aliphatic rings. The van der Waals surface area contributed by atoms with Gasteiger partial charge < -0.3 is 20.5 Å². The van der Waals surface area contributed by atoms with Gasteiger partial charge in [-0.25, -0.2) is 0 Å². The molecule has 28 heavy (non-hydrogen) atoms. The standard InChI is InChI=1S/C21H34N4O2.HI/c1-26-15-18-7-3-4-8-19(18)24-20(22)23-16-21(9-5-2-6-10-21)17-25-11-13-27-14-12-25;/h3-4,7-8H,2,5-6,9-17H2,1H3,(H3,22,23,24);1H. The summed E-state index contributed by atoms with van der Waals surface area (Å²) in [6, 6.07) is 8.06. The molecule has 1 aromatic carbocycles. The Morgan fingerprint density at radius 2 is 1.93 bits per heavy atom. The monoisotopic (exact) mass is 502 g/mol. The van der Waals surface area contributed by atoms with Crippen molar-refractivity contribution in [1.82, 2.24) is 4.90 Å². The number of methoxy groups -OCH3 is 1. The second kappa shape index (κ2) is 11.9. The molecule has 0 aromatic heterocycles. The lowest BCUT2D eigenvalue weighted by molar-refractivity contribution is 0.00940. The summed E-state index contributed by atoms with van der Waals surface area (Å²) in [5.41, 5.74) is 8.54. The van der Waals surface area contributed by atoms with E-state index in [1.165, 1.54) is 32.1 Å². The van der Waals surface area contributed by atoms with Crippen LogP contribution in [0.3, 0.4) is 0 Å². The van der Waals surface area contributed by atoms with Crippen LogP contribution in [-0.2, 0) is 16.1 Å². The summed E-state index contributed by atoms with van der Waals surface area (Å²) in [6.07, 6.45) is 6.41. The number of guanidine groups is 1. The smallest absolute Gasteiger partial charge is 0.193 e. The van der Waals surface area contributed by atoms with Crippen LogP contribution < -0.4 is 11.1 Å². The van der Waals surface area contributed by atoms with Gasteiger partial charge in [0, 0.05) is 50.0 Å². The van der Waals surface area contributed by atoms with Gasteiger partial charge in [0.05, 0.1) is 19.8 Å². The van der Waals surface area contributed by atoms with Crippen LogP contribution in [0.15, 0.2) is 29.3 Å². The number of hydrogen-bond donors (Lipinski definition) is 2. The highest BCUT2D eigenvalue weighted by Crippen LogP contribution is 2.37. The van der Waals surface area contributed by atoms with Gasteiger partial charge in [-0.1, -0.05) is 37.5 Å². The summed E-state index contributed by atoms with van der Waals surface area (Å²) in [5.74, 6) is 0.491. The number of nitrogens with one attached hydrogen (secondary N) is 1. The molecule has 1 aliphatic carbocycles. The number of halogens is 1. The molecule has 1 heterocycles. The lowest BCUT2D eigenvalue weighted by Crippen LogP contribution is -2.46. The average molecular weight is 502 g/mol. The largest absolute Gasteiger partial charge is 0.380 e. The third-order valence-electron chi connectivity index (χ3n) is 5.74. The molecule has 0 spiro atoms. The highest BCUT2D eigenvalue weighted by molar-refractivity contribution is 14.0. The van der Waals surface area contributed by atoms with Gasteiger partial charge in [0.1, 0.15) is 0 Å². The summed E-state index contributed by atoms with van der Waals surface area (Å²) >= 11 is 0. The van der Waals surface area contributed by atoms with E-state index in [0.29, 0.717) is 12.6 Å². The van der Waals surface area contributed by atoms with Crippen molar-refractivity contribution in [3.63, 3.8) is 0 Å². The Morgan fingerprint density at radius 3 is 2.64 bits per heavy atom. The van der Waals surface area contributed by atoms with E-state index in [-0.39, 0.29) is 29.4 Å². The normalized spacial score (nSPS) is 20.4. The number of morpholine rings is 1. The van der Waals surface area contributed by atoms with E-state index in [2.05, 4.69) is 10.2 Å². The molecule has 0 amide bonds. The Balaban J connectivity index is 0.00000280. The van der Waals surface area contributed by atoms with Gasteiger partial charge in [-0.3, -0.25) is 9.89 Å². The fourth-order valence-electron chi connectivity index (χ4n) is 4.26. The molecule has 1 aromatic rings. The summed E-state index contributed by atoms with van der Waals surface area (Å²) in [5, 5.41) is 3.27. The Hall–Kier alpha value is -0.900. The van der Waals surface area contributed by atoms with E-state index in [1.807, 2.05) is 24.3 Å². The molecule has 158 valence electrons. The third-order valence-corrected chi connectivity index (χ3v) is 5.74. The molecular weight excluding hydrogens is 467 g/mol. The first-order valence-corrected chi connectivity index (χ1v) is 10.1. The van der Waals surface area contributed by atoms with Gasteiger partial charge in [-0.15, -0.1) is 24.0 Å². The first kappa shape index (κ1) is 23.4. The molecular formula is C21H35IN4O2. The minimum Gasteiger partial charge on any atom is -0.380 e. The Labute approximate surface area is 186 Å². The number of benzene rings is 1. The molecule has 0 radical (unpaired) electrons. The maximum absolute atomic E-state index is 6.24. The molecule has 0 unspecified atom stereocenters. The van der Waals surface area contributed by atoms with Crippen molar-refractivity contribution in [2.24, 2.45) is 16.1 Å². The fraction of sp³-hybridized carbons (Fsp3) is 0.667. The van der Waals surface area contributed by atoms with Crippen molar-refractivity contribution in [1.29, 1.82) is 0 Å². The summed E-state index contributed by atoms with van der Waals surface area (Å²) in [6.45, 7) is 6.20. The summed E-state index contributed by atoms with van der Waals surface area (Å²) in [4.78, 5) is 7.31. The van der Waals surface area contributed by atoms with Crippen molar-refractivity contribution < 1.29 is 9.47 Å². The predicted molar refractivity (Wildman–Crippen MR) is 125 cm³/mol. The van der Waals surface area contributed by atoms with E-state index >= 15 is 0 Å². The lowest BCUT2D eigenvalue weighted by atomic mass is 9.73. The zero-order valence-corrected chi connectivity index (χ0v) is 19.3. The lowest BCUT2D eigenvalue weighted by Gasteiger charge is -2.41. The number of nitrogens with two attached hydrogens (primary N) is 1. The number of nitrogens with zero attached hydrogens (tertiary/aromatic N) is 2. The maximum Gasteiger partial charge on any atom is 0.193 e. The topological polar surface area (TPSA) is 72.1 Å². The van der Waals surface area contributed by atoms with Crippen LogP contribution in [0.2, 0.25) is 0 Å². The Morgan fingerprint density at radius 1 is 1.21 bits per heavy atom. The van der Waals surface area contributed by atoms with Crippen LogP contribution in [0.5, 0.6) is 0 Å². The zero-order valence-electron chi connectivity index (χ0n) is 17.0. The molecule has 0 bridgehead atoms. The molecule has 1 saturated carbocycles. The van der Waals surface area contributed by atoms with Gasteiger partial charge >= 0.3 is 0 Å². The van der Waals surface area contributed by atoms with Crippen LogP contribution in [0.1, 0.15) is 37.7 Å². The number of aliphatic imine (C=N–C) groups is 1. The number of rotatable bonds is 7. The summed E-state index contributed by atoms with van der Waals surface area (Å²) in [7, 11) is 1.70. The average Bonchev–Trinajstić information content (AvgIpc) is 2.70. The van der Waals surface area contributed by atoms with Crippen molar-refractivity contribution in [3.8, 4) is 0 Å². The van der Waals surface area contributed by atoms with Crippen LogP contribution in [0.25, 0.3) is 0 Å². The molecule has 1 saturated heterocycles. The van der Waals surface area contributed by atoms with E-state index in [4.69, 9.17) is 20.2 Å². The van der Waals surface area contributed by atoms with Crippen LogP contribution in [0.4, 0.5) is 5.69 Å². The minimum atomic E-state index is 0. The predicted octanol–water partition coefficient (Wildman–Crippen LogP) is 3.46. The van der Waals surface area contributed by atoms with Gasteiger partial charge in [0.25, 0.3) is 0 Å². The quantitative estimate of drug-likeness (QED) is 0.340. The number of ether oxygens (including phenoxy) is 2. The minimum absolute atomic E-state index is 0. The van der Waals surface area contributed by atoms with Crippen LogP contribution in [-0.4, -0.2) is 57.4 Å². The maximum atomic E-state index is 6.24. The van der Waals surface area contributed by atoms with Crippen molar-refractivity contribution in [2.45, 2.75) is 38.7 Å². The van der Waals surface area contributed by atoms with Gasteiger partial charge in [0.15, 0.2) is 5.96 Å². The van der Waals surface area contributed by atoms with Gasteiger partial charge in [-0.2, -0.15) is 0 Å². The fourth-order valence-corrected chi connectivity index (χ4v) is 4.26.